The van der Waals surface area contributed by atoms with E-state index in [1.165, 1.54) is 0 Å². The Morgan fingerprint density at radius 1 is 1.06 bits per heavy atom. The van der Waals surface area contributed by atoms with Gasteiger partial charge in [-0.25, -0.2) is 4.79 Å². The molecule has 0 radical (unpaired) electrons. The predicted octanol–water partition coefficient (Wildman–Crippen LogP) is 2.01. The number of amides is 2. The van der Waals surface area contributed by atoms with E-state index in [0.29, 0.717) is 17.9 Å². The Kier molecular flexibility index (Phi) is 6.28. The van der Waals surface area contributed by atoms with Crippen molar-refractivity contribution in [1.82, 2.24) is 5.06 Å². The smallest absolute Gasteiger partial charge is 0.333 e. The van der Waals surface area contributed by atoms with E-state index in [1.807, 2.05) is 13.0 Å². The summed E-state index contributed by atoms with van der Waals surface area (Å²) in [7, 11) is 0. The molecule has 2 amide bonds. The summed E-state index contributed by atoms with van der Waals surface area (Å²) < 4.78 is 5.79. The van der Waals surface area contributed by atoms with Crippen LogP contribution in [0.2, 0.25) is 0 Å². The van der Waals surface area contributed by atoms with E-state index >= 15 is 0 Å². The number of phenols is 1. The molecule has 3 aliphatic carbocycles. The van der Waals surface area contributed by atoms with E-state index in [9.17, 15) is 34.5 Å². The fourth-order valence-electron chi connectivity index (χ4n) is 6.88. The van der Waals surface area contributed by atoms with Crippen LogP contribution < -0.4 is 0 Å². The van der Waals surface area contributed by atoms with Crippen molar-refractivity contribution < 1.29 is 44.1 Å². The van der Waals surface area contributed by atoms with Gasteiger partial charge in [0.25, 0.3) is 11.8 Å². The van der Waals surface area contributed by atoms with Crippen LogP contribution in [0.5, 0.6) is 5.75 Å². The number of hydrogen-bond donors (Lipinski definition) is 3. The molecule has 1 aromatic rings. The van der Waals surface area contributed by atoms with Gasteiger partial charge < -0.3 is 24.9 Å². The summed E-state index contributed by atoms with van der Waals surface area (Å²) in [4.78, 5) is 52.8. The largest absolute Gasteiger partial charge is 0.508 e. The average Bonchev–Trinajstić information content (AvgIpc) is 3.28. The summed E-state index contributed by atoms with van der Waals surface area (Å²) in [5, 5.41) is 31.7. The highest BCUT2D eigenvalue weighted by molar-refractivity contribution is 6.01. The minimum atomic E-state index is -0.880. The number of phenolic OH excluding ortho intramolecular Hbond substituents is 1. The van der Waals surface area contributed by atoms with Crippen molar-refractivity contribution in [3.05, 3.63) is 29.3 Å². The fourth-order valence-corrected chi connectivity index (χ4v) is 6.88. The summed E-state index contributed by atoms with van der Waals surface area (Å²) >= 11 is 0. The van der Waals surface area contributed by atoms with Crippen LogP contribution in [-0.2, 0) is 28.8 Å². The van der Waals surface area contributed by atoms with Gasteiger partial charge in [0, 0.05) is 12.8 Å². The van der Waals surface area contributed by atoms with E-state index in [1.54, 1.807) is 12.1 Å². The fraction of sp³-hybridized carbons (Fsp3) is 0.615. The molecule has 1 aromatic carbocycles. The molecule has 1 heterocycles. The van der Waals surface area contributed by atoms with Gasteiger partial charge >= 0.3 is 11.9 Å². The number of carbonyl (C=O) groups is 4. The highest BCUT2D eigenvalue weighted by Gasteiger charge is 2.58. The molecule has 0 bridgehead atoms. The minimum absolute atomic E-state index is 0.0155. The zero-order valence-electron chi connectivity index (χ0n) is 20.1. The Morgan fingerprint density at radius 2 is 1.75 bits per heavy atom. The first-order valence-electron chi connectivity index (χ1n) is 12.5. The SMILES string of the molecule is C[C@]12CC[C@@H]3c4ccc(O)cc4[C@@H](OC(=O)CCC(=O)ON4C(=O)CCC4=O)C[C@H]3[C@@H]1C[C@@H](O)[C@@H]2O. The van der Waals surface area contributed by atoms with Gasteiger partial charge in [-0.3, -0.25) is 14.4 Å². The lowest BCUT2D eigenvalue weighted by Gasteiger charge is -2.51. The Labute approximate surface area is 208 Å². The second kappa shape index (κ2) is 9.15. The van der Waals surface area contributed by atoms with Gasteiger partial charge in [-0.1, -0.05) is 13.0 Å². The summed E-state index contributed by atoms with van der Waals surface area (Å²) in [5.41, 5.74) is 1.30. The van der Waals surface area contributed by atoms with Crippen molar-refractivity contribution >= 4 is 23.8 Å². The second-order valence-electron chi connectivity index (χ2n) is 10.7. The number of hydrogen-bond acceptors (Lipinski definition) is 9. The molecule has 5 rings (SSSR count). The molecule has 7 atom stereocenters. The van der Waals surface area contributed by atoms with Gasteiger partial charge in [0.15, 0.2) is 0 Å². The molecule has 0 spiro atoms. The highest BCUT2D eigenvalue weighted by atomic mass is 16.7. The van der Waals surface area contributed by atoms with Gasteiger partial charge in [-0.2, -0.15) is 0 Å². The van der Waals surface area contributed by atoms with Crippen LogP contribution in [0.4, 0.5) is 0 Å². The number of benzene rings is 1. The van der Waals surface area contributed by atoms with Crippen LogP contribution in [-0.4, -0.2) is 56.3 Å². The number of imide groups is 1. The summed E-state index contributed by atoms with van der Waals surface area (Å²) in [6, 6.07) is 5.08. The summed E-state index contributed by atoms with van der Waals surface area (Å²) in [6.45, 7) is 2.02. The van der Waals surface area contributed by atoms with Crippen LogP contribution in [0.25, 0.3) is 0 Å². The molecule has 10 nitrogen and oxygen atoms in total. The van der Waals surface area contributed by atoms with Gasteiger partial charge in [0.1, 0.15) is 11.9 Å². The van der Waals surface area contributed by atoms with Gasteiger partial charge in [0.2, 0.25) is 0 Å². The van der Waals surface area contributed by atoms with E-state index in [4.69, 9.17) is 9.57 Å². The zero-order valence-corrected chi connectivity index (χ0v) is 20.1. The van der Waals surface area contributed by atoms with Crippen LogP contribution in [0.1, 0.15) is 81.4 Å². The number of aromatic hydroxyl groups is 1. The lowest BCUT2D eigenvalue weighted by Crippen LogP contribution is -2.45. The molecule has 10 heteroatoms. The zero-order chi connectivity index (χ0) is 25.8. The van der Waals surface area contributed by atoms with Gasteiger partial charge in [0.05, 0.1) is 25.0 Å². The molecular weight excluding hydrogens is 470 g/mol. The first kappa shape index (κ1) is 24.7. The maximum atomic E-state index is 12.7. The van der Waals surface area contributed by atoms with Crippen LogP contribution >= 0.6 is 0 Å². The Hall–Kier alpha value is -2.98. The van der Waals surface area contributed by atoms with E-state index in [0.717, 1.165) is 24.0 Å². The van der Waals surface area contributed by atoms with Crippen LogP contribution in [0.15, 0.2) is 18.2 Å². The molecule has 0 aromatic heterocycles. The summed E-state index contributed by atoms with van der Waals surface area (Å²) in [6.07, 6.45) is -0.390. The summed E-state index contributed by atoms with van der Waals surface area (Å²) in [5.74, 6) is -2.36. The number of carbonyl (C=O) groups excluding carboxylic acids is 4. The topological polar surface area (TPSA) is 151 Å². The van der Waals surface area contributed by atoms with E-state index < -0.39 is 47.5 Å². The van der Waals surface area contributed by atoms with E-state index in [2.05, 4.69) is 0 Å². The maximum Gasteiger partial charge on any atom is 0.333 e. The molecule has 0 unspecified atom stereocenters. The first-order valence-corrected chi connectivity index (χ1v) is 12.5. The number of esters is 1. The minimum Gasteiger partial charge on any atom is -0.508 e. The predicted molar refractivity (Wildman–Crippen MR) is 122 cm³/mol. The number of nitrogens with zero attached hydrogens (tertiary/aromatic N) is 1. The van der Waals surface area contributed by atoms with Crippen molar-refractivity contribution in [3.8, 4) is 5.75 Å². The third-order valence-corrected chi connectivity index (χ3v) is 8.72. The third kappa shape index (κ3) is 4.16. The molecule has 194 valence electrons. The number of hydroxylamine groups is 2. The van der Waals surface area contributed by atoms with Crippen molar-refractivity contribution in [3.63, 3.8) is 0 Å². The first-order chi connectivity index (χ1) is 17.1. The number of fused-ring (bicyclic) bond motifs is 5. The molecular formula is C26H31NO9. The van der Waals surface area contributed by atoms with Crippen LogP contribution in [0.3, 0.4) is 0 Å². The molecule has 4 aliphatic rings. The number of ether oxygens (including phenoxy) is 1. The Morgan fingerprint density at radius 3 is 2.47 bits per heavy atom. The third-order valence-electron chi connectivity index (χ3n) is 8.72. The monoisotopic (exact) mass is 501 g/mol. The van der Waals surface area contributed by atoms with Gasteiger partial charge in [-0.15, -0.1) is 5.06 Å². The Bertz CT molecular complexity index is 1090. The average molecular weight is 502 g/mol. The quantitative estimate of drug-likeness (QED) is 0.406. The molecule has 1 saturated heterocycles. The highest BCUT2D eigenvalue weighted by Crippen LogP contribution is 2.62. The lowest BCUT2D eigenvalue weighted by atomic mass is 9.55. The van der Waals surface area contributed by atoms with Crippen molar-refractivity contribution in [1.29, 1.82) is 0 Å². The lowest BCUT2D eigenvalue weighted by molar-refractivity contribution is -0.197. The standard InChI is InChI=1S/C26H31NO9/c1-26-9-8-15-14-3-2-13(28)10-17(14)20(11-16(15)18(26)12-19(29)25(26)34)35-23(32)6-7-24(33)36-27-21(30)4-5-22(27)31/h2-3,10,15-16,18-20,25,28-29,34H,4-9,11-12H2,1H3/t15-,16-,18+,19-,20+,25+,26+/m1/s1. The molecule has 3 N–H and O–H groups in total. The number of rotatable bonds is 5. The van der Waals surface area contributed by atoms with Crippen molar-refractivity contribution in [2.75, 3.05) is 0 Å². The normalized spacial score (nSPS) is 35.1. The Balaban J connectivity index is 1.29. The molecule has 2 saturated carbocycles. The maximum absolute atomic E-state index is 12.7. The number of aliphatic hydroxyl groups is 2. The molecule has 1 aliphatic heterocycles. The molecule has 36 heavy (non-hydrogen) atoms. The molecule has 3 fully saturated rings. The van der Waals surface area contributed by atoms with Crippen molar-refractivity contribution in [2.45, 2.75) is 82.5 Å². The van der Waals surface area contributed by atoms with Crippen molar-refractivity contribution in [2.24, 2.45) is 17.3 Å². The van der Waals surface area contributed by atoms with Gasteiger partial charge in [-0.05, 0) is 72.1 Å². The van der Waals surface area contributed by atoms with Crippen LogP contribution in [0, 0.1) is 17.3 Å². The second-order valence-corrected chi connectivity index (χ2v) is 10.7. The van der Waals surface area contributed by atoms with E-state index in [-0.39, 0.29) is 49.2 Å². The number of aliphatic hydroxyl groups excluding tert-OH is 2.